The number of hydrogen-bond acceptors (Lipinski definition) is 2. The Bertz CT molecular complexity index is 490. The first kappa shape index (κ1) is 14.0. The molecule has 0 aliphatic heterocycles. The van der Waals surface area contributed by atoms with Gasteiger partial charge in [0.2, 0.25) is 0 Å². The van der Waals surface area contributed by atoms with Crippen molar-refractivity contribution in [3.63, 3.8) is 0 Å². The zero-order valence-corrected chi connectivity index (χ0v) is 10.4. The molecule has 2 N–H and O–H groups in total. The van der Waals surface area contributed by atoms with E-state index in [-0.39, 0.29) is 6.42 Å². The lowest BCUT2D eigenvalue weighted by atomic mass is 9.81. The van der Waals surface area contributed by atoms with Gasteiger partial charge in [-0.05, 0) is 19.4 Å². The van der Waals surface area contributed by atoms with Crippen LogP contribution in [0.25, 0.3) is 0 Å². The van der Waals surface area contributed by atoms with Crippen LogP contribution in [0, 0.1) is 6.92 Å². The lowest BCUT2D eigenvalue weighted by Crippen LogP contribution is -2.30. The first-order valence-electron chi connectivity index (χ1n) is 5.56. The summed E-state index contributed by atoms with van der Waals surface area (Å²) in [5, 5.41) is 17.9. The van der Waals surface area contributed by atoms with Gasteiger partial charge in [-0.25, -0.2) is 0 Å². The molecule has 96 valence electrons. The highest BCUT2D eigenvalue weighted by Gasteiger charge is 2.32. The van der Waals surface area contributed by atoms with Crippen LogP contribution in [0.4, 0.5) is 0 Å². The molecule has 0 bridgehead atoms. The largest absolute Gasteiger partial charge is 0.481 e. The standard InChI is InChI=1S/C14H16O4/c1-10-5-3-6-11(9-10)14(2,13(17)18)8-4-7-12(15)16/h3-6,8-9H,7H2,1-2H3,(H,15,16)(H,17,18)/b8-4+. The summed E-state index contributed by atoms with van der Waals surface area (Å²) in [7, 11) is 0. The lowest BCUT2D eigenvalue weighted by Gasteiger charge is -2.21. The molecule has 0 aromatic heterocycles. The van der Waals surface area contributed by atoms with E-state index in [0.29, 0.717) is 5.56 Å². The molecular weight excluding hydrogens is 232 g/mol. The Morgan fingerprint density at radius 1 is 1.33 bits per heavy atom. The molecule has 1 rings (SSSR count). The number of rotatable bonds is 5. The molecule has 0 radical (unpaired) electrons. The van der Waals surface area contributed by atoms with Crippen LogP contribution in [0.3, 0.4) is 0 Å². The van der Waals surface area contributed by atoms with Gasteiger partial charge in [-0.1, -0.05) is 42.0 Å². The van der Waals surface area contributed by atoms with Gasteiger partial charge in [0.15, 0.2) is 0 Å². The number of aliphatic carboxylic acids is 2. The van der Waals surface area contributed by atoms with E-state index in [1.165, 1.54) is 12.2 Å². The van der Waals surface area contributed by atoms with Crippen LogP contribution in [0.15, 0.2) is 36.4 Å². The monoisotopic (exact) mass is 248 g/mol. The molecule has 1 aromatic rings. The highest BCUT2D eigenvalue weighted by molar-refractivity contribution is 5.83. The maximum Gasteiger partial charge on any atom is 0.317 e. The molecule has 1 atom stereocenters. The van der Waals surface area contributed by atoms with Crippen LogP contribution >= 0.6 is 0 Å². The third kappa shape index (κ3) is 3.20. The maximum atomic E-state index is 11.4. The number of hydrogen-bond donors (Lipinski definition) is 2. The van der Waals surface area contributed by atoms with Crippen molar-refractivity contribution in [2.75, 3.05) is 0 Å². The normalized spacial score (nSPS) is 14.3. The quantitative estimate of drug-likeness (QED) is 0.784. The molecule has 0 spiro atoms. The molecule has 4 nitrogen and oxygen atoms in total. The van der Waals surface area contributed by atoms with Crippen molar-refractivity contribution in [1.29, 1.82) is 0 Å². The van der Waals surface area contributed by atoms with Gasteiger partial charge in [0.1, 0.15) is 5.41 Å². The SMILES string of the molecule is Cc1cccc(C(C)(/C=C/CC(=O)O)C(=O)O)c1. The molecule has 18 heavy (non-hydrogen) atoms. The topological polar surface area (TPSA) is 74.6 Å². The van der Waals surface area contributed by atoms with Crippen molar-refractivity contribution in [1.82, 2.24) is 0 Å². The van der Waals surface area contributed by atoms with Crippen LogP contribution in [0.2, 0.25) is 0 Å². The zero-order valence-electron chi connectivity index (χ0n) is 10.4. The molecule has 4 heteroatoms. The molecule has 1 aromatic carbocycles. The van der Waals surface area contributed by atoms with Crippen LogP contribution in [-0.4, -0.2) is 22.2 Å². The van der Waals surface area contributed by atoms with Gasteiger partial charge in [-0.3, -0.25) is 9.59 Å². The minimum atomic E-state index is -1.21. The van der Waals surface area contributed by atoms with E-state index in [0.717, 1.165) is 5.56 Å². The first-order chi connectivity index (χ1) is 8.36. The van der Waals surface area contributed by atoms with Gasteiger partial charge >= 0.3 is 11.9 Å². The Morgan fingerprint density at radius 2 is 2.00 bits per heavy atom. The smallest absolute Gasteiger partial charge is 0.317 e. The minimum Gasteiger partial charge on any atom is -0.481 e. The molecule has 0 heterocycles. The van der Waals surface area contributed by atoms with E-state index in [4.69, 9.17) is 5.11 Å². The number of aryl methyl sites for hydroxylation is 1. The van der Waals surface area contributed by atoms with Gasteiger partial charge in [0.05, 0.1) is 6.42 Å². The van der Waals surface area contributed by atoms with Crippen LogP contribution in [-0.2, 0) is 15.0 Å². The summed E-state index contributed by atoms with van der Waals surface area (Å²) < 4.78 is 0. The average molecular weight is 248 g/mol. The summed E-state index contributed by atoms with van der Waals surface area (Å²) in [5.41, 5.74) is 0.393. The van der Waals surface area contributed by atoms with E-state index in [9.17, 15) is 14.7 Å². The highest BCUT2D eigenvalue weighted by Crippen LogP contribution is 2.26. The Hall–Kier alpha value is -2.10. The van der Waals surface area contributed by atoms with Gasteiger partial charge < -0.3 is 10.2 Å². The van der Waals surface area contributed by atoms with Crippen LogP contribution in [0.5, 0.6) is 0 Å². The number of carboxylic acids is 2. The highest BCUT2D eigenvalue weighted by atomic mass is 16.4. The van der Waals surface area contributed by atoms with E-state index >= 15 is 0 Å². The molecule has 0 saturated carbocycles. The predicted molar refractivity (Wildman–Crippen MR) is 67.6 cm³/mol. The van der Waals surface area contributed by atoms with Crippen molar-refractivity contribution in [2.45, 2.75) is 25.7 Å². The third-order valence-electron chi connectivity index (χ3n) is 2.81. The summed E-state index contributed by atoms with van der Waals surface area (Å²) >= 11 is 0. The first-order valence-corrected chi connectivity index (χ1v) is 5.56. The second-order valence-electron chi connectivity index (χ2n) is 4.38. The Labute approximate surface area is 106 Å². The third-order valence-corrected chi connectivity index (χ3v) is 2.81. The Kier molecular flexibility index (Phi) is 4.26. The molecule has 0 aliphatic carbocycles. The molecule has 0 fully saturated rings. The summed E-state index contributed by atoms with van der Waals surface area (Å²) in [6.45, 7) is 3.44. The van der Waals surface area contributed by atoms with Gasteiger partial charge in [0.25, 0.3) is 0 Å². The van der Waals surface area contributed by atoms with Crippen LogP contribution in [0.1, 0.15) is 24.5 Å². The molecule has 1 unspecified atom stereocenters. The van der Waals surface area contributed by atoms with Gasteiger partial charge in [-0.2, -0.15) is 0 Å². The fraction of sp³-hybridized carbons (Fsp3) is 0.286. The predicted octanol–water partition coefficient (Wildman–Crippen LogP) is 2.37. The summed E-state index contributed by atoms with van der Waals surface area (Å²) in [5.74, 6) is -1.99. The summed E-state index contributed by atoms with van der Waals surface area (Å²) in [6.07, 6.45) is 2.62. The van der Waals surface area contributed by atoms with Crippen molar-refractivity contribution in [3.8, 4) is 0 Å². The van der Waals surface area contributed by atoms with Crippen LogP contribution < -0.4 is 0 Å². The summed E-state index contributed by atoms with van der Waals surface area (Å²) in [4.78, 5) is 21.9. The molecule has 0 amide bonds. The lowest BCUT2D eigenvalue weighted by molar-refractivity contribution is -0.141. The maximum absolute atomic E-state index is 11.4. The van der Waals surface area contributed by atoms with Crippen molar-refractivity contribution >= 4 is 11.9 Å². The van der Waals surface area contributed by atoms with E-state index in [1.807, 2.05) is 13.0 Å². The van der Waals surface area contributed by atoms with Gasteiger partial charge in [-0.15, -0.1) is 0 Å². The fourth-order valence-corrected chi connectivity index (χ4v) is 1.65. The second kappa shape index (κ2) is 5.49. The minimum absolute atomic E-state index is 0.186. The fourth-order valence-electron chi connectivity index (χ4n) is 1.65. The van der Waals surface area contributed by atoms with Gasteiger partial charge in [0, 0.05) is 0 Å². The summed E-state index contributed by atoms with van der Waals surface area (Å²) in [6, 6.07) is 7.19. The Morgan fingerprint density at radius 3 is 2.50 bits per heavy atom. The van der Waals surface area contributed by atoms with Crippen molar-refractivity contribution in [2.24, 2.45) is 0 Å². The zero-order chi connectivity index (χ0) is 13.8. The number of carbonyl (C=O) groups is 2. The Balaban J connectivity index is 3.11. The van der Waals surface area contributed by atoms with Crippen molar-refractivity contribution < 1.29 is 19.8 Å². The van der Waals surface area contributed by atoms with E-state index in [1.54, 1.807) is 25.1 Å². The average Bonchev–Trinajstić information content (AvgIpc) is 2.28. The van der Waals surface area contributed by atoms with Crippen molar-refractivity contribution in [3.05, 3.63) is 47.5 Å². The number of carboxylic acid groups (broad SMARTS) is 2. The molecular formula is C14H16O4. The van der Waals surface area contributed by atoms with E-state index < -0.39 is 17.4 Å². The second-order valence-corrected chi connectivity index (χ2v) is 4.38. The molecule has 0 aliphatic rings. The van der Waals surface area contributed by atoms with E-state index in [2.05, 4.69) is 0 Å². The molecule has 0 saturated heterocycles. The number of benzene rings is 1.